The Labute approximate surface area is 128 Å². The van der Waals surface area contributed by atoms with Crippen molar-refractivity contribution in [2.45, 2.75) is 20.8 Å². The van der Waals surface area contributed by atoms with Crippen LogP contribution in [-0.2, 0) is 9.53 Å². The molecule has 116 valence electrons. The summed E-state index contributed by atoms with van der Waals surface area (Å²) in [5, 5.41) is 20.9. The van der Waals surface area contributed by atoms with E-state index < -0.39 is 11.4 Å². The molecule has 5 nitrogen and oxygen atoms in total. The molecule has 0 spiro atoms. The van der Waals surface area contributed by atoms with Crippen molar-refractivity contribution in [2.75, 3.05) is 6.61 Å². The van der Waals surface area contributed by atoms with Crippen LogP contribution in [0, 0.1) is 5.41 Å². The molecule has 0 aliphatic heterocycles. The summed E-state index contributed by atoms with van der Waals surface area (Å²) in [7, 11) is 0. The van der Waals surface area contributed by atoms with E-state index in [1.807, 2.05) is 0 Å². The highest BCUT2D eigenvalue weighted by molar-refractivity contribution is 6.04. The number of phenolic OH excluding ortho intramolecular Hbond substituents is 2. The van der Waals surface area contributed by atoms with Crippen LogP contribution in [0.15, 0.2) is 30.3 Å². The van der Waals surface area contributed by atoms with Crippen molar-refractivity contribution in [3.05, 3.63) is 35.9 Å². The fourth-order valence-electron chi connectivity index (χ4n) is 1.92. The monoisotopic (exact) mass is 302 g/mol. The van der Waals surface area contributed by atoms with Gasteiger partial charge in [-0.05, 0) is 6.07 Å². The maximum absolute atomic E-state index is 12.0. The topological polar surface area (TPSA) is 83.8 Å². The number of carbonyl (C=O) groups excluding carboxylic acids is 2. The molecule has 0 aromatic heterocycles. The summed E-state index contributed by atoms with van der Waals surface area (Å²) < 4.78 is 4.94. The van der Waals surface area contributed by atoms with Crippen LogP contribution >= 0.6 is 0 Å². The Morgan fingerprint density at radius 2 is 1.68 bits per heavy atom. The normalized spacial score (nSPS) is 11.4. The average molecular weight is 302 g/mol. The number of aromatic hydroxyl groups is 2. The Morgan fingerprint density at radius 3 is 2.27 bits per heavy atom. The second kappa shape index (κ2) is 5.67. The van der Waals surface area contributed by atoms with Gasteiger partial charge in [0.1, 0.15) is 17.1 Å². The van der Waals surface area contributed by atoms with Crippen LogP contribution < -0.4 is 0 Å². The number of esters is 1. The number of hydrogen-bond acceptors (Lipinski definition) is 5. The van der Waals surface area contributed by atoms with Crippen LogP contribution in [0.5, 0.6) is 11.5 Å². The molecule has 0 saturated carbocycles. The van der Waals surface area contributed by atoms with Gasteiger partial charge in [0.2, 0.25) is 0 Å². The van der Waals surface area contributed by atoms with Crippen LogP contribution in [0.2, 0.25) is 0 Å². The summed E-state index contributed by atoms with van der Waals surface area (Å²) in [6.45, 7) is 4.79. The number of hydrogen-bond donors (Lipinski definition) is 2. The van der Waals surface area contributed by atoms with Crippen molar-refractivity contribution in [1.29, 1.82) is 0 Å². The van der Waals surface area contributed by atoms with Gasteiger partial charge in [-0.1, -0.05) is 45.0 Å². The van der Waals surface area contributed by atoms with Crippen LogP contribution in [0.3, 0.4) is 0 Å². The smallest absolute Gasteiger partial charge is 0.342 e. The molecule has 0 unspecified atom stereocenters. The molecule has 2 aromatic carbocycles. The van der Waals surface area contributed by atoms with E-state index in [2.05, 4.69) is 0 Å². The first-order valence-corrected chi connectivity index (χ1v) is 6.86. The van der Waals surface area contributed by atoms with E-state index in [0.29, 0.717) is 10.8 Å². The van der Waals surface area contributed by atoms with Gasteiger partial charge >= 0.3 is 5.97 Å². The highest BCUT2D eigenvalue weighted by atomic mass is 16.5. The molecule has 0 fully saturated rings. The molecule has 5 heteroatoms. The third-order valence-electron chi connectivity index (χ3n) is 3.39. The summed E-state index contributed by atoms with van der Waals surface area (Å²) in [6.07, 6.45) is 0. The average Bonchev–Trinajstić information content (AvgIpc) is 2.47. The van der Waals surface area contributed by atoms with Crippen molar-refractivity contribution >= 4 is 22.5 Å². The van der Waals surface area contributed by atoms with Gasteiger partial charge in [0.15, 0.2) is 12.4 Å². The fourth-order valence-corrected chi connectivity index (χ4v) is 1.92. The summed E-state index contributed by atoms with van der Waals surface area (Å²) in [6, 6.07) is 7.74. The Balaban J connectivity index is 2.29. The van der Waals surface area contributed by atoms with Gasteiger partial charge in [-0.2, -0.15) is 0 Å². The van der Waals surface area contributed by atoms with Crippen LogP contribution in [0.4, 0.5) is 0 Å². The Hall–Kier alpha value is -2.56. The van der Waals surface area contributed by atoms with Crippen molar-refractivity contribution in [3.63, 3.8) is 0 Å². The first-order valence-electron chi connectivity index (χ1n) is 6.86. The number of ketones is 1. The summed E-state index contributed by atoms with van der Waals surface area (Å²) in [5.41, 5.74) is -0.786. The SMILES string of the molecule is CC(C)(C)C(=O)COC(=O)c1cc(O)c2ccccc2c1O. The van der Waals surface area contributed by atoms with E-state index >= 15 is 0 Å². The molecule has 0 atom stereocenters. The van der Waals surface area contributed by atoms with Crippen LogP contribution in [-0.4, -0.2) is 28.6 Å². The third-order valence-corrected chi connectivity index (χ3v) is 3.39. The highest BCUT2D eigenvalue weighted by Crippen LogP contribution is 2.35. The largest absolute Gasteiger partial charge is 0.507 e. The summed E-state index contributed by atoms with van der Waals surface area (Å²) in [4.78, 5) is 23.8. The minimum absolute atomic E-state index is 0.137. The lowest BCUT2D eigenvalue weighted by atomic mass is 9.91. The second-order valence-corrected chi connectivity index (χ2v) is 6.09. The maximum atomic E-state index is 12.0. The molecular formula is C17H18O5. The lowest BCUT2D eigenvalue weighted by Crippen LogP contribution is -2.26. The quantitative estimate of drug-likeness (QED) is 0.672. The van der Waals surface area contributed by atoms with Gasteiger partial charge in [-0.25, -0.2) is 4.79 Å². The Bertz CT molecular complexity index is 741. The third kappa shape index (κ3) is 3.03. The minimum atomic E-state index is -0.851. The zero-order chi connectivity index (χ0) is 16.5. The predicted octanol–water partition coefficient (Wildman–Crippen LogP) is 3.02. The molecule has 2 aromatic rings. The van der Waals surface area contributed by atoms with Crippen molar-refractivity contribution in [2.24, 2.45) is 5.41 Å². The number of fused-ring (bicyclic) bond motifs is 1. The number of benzene rings is 2. The zero-order valence-electron chi connectivity index (χ0n) is 12.7. The molecular weight excluding hydrogens is 284 g/mol. The van der Waals surface area contributed by atoms with E-state index in [4.69, 9.17) is 4.74 Å². The maximum Gasteiger partial charge on any atom is 0.342 e. The minimum Gasteiger partial charge on any atom is -0.507 e. The van der Waals surface area contributed by atoms with Crippen molar-refractivity contribution in [3.8, 4) is 11.5 Å². The van der Waals surface area contributed by atoms with Crippen molar-refractivity contribution < 1.29 is 24.5 Å². The molecule has 0 aliphatic rings. The fraction of sp³-hybridized carbons (Fsp3) is 0.294. The second-order valence-electron chi connectivity index (χ2n) is 6.09. The standard InChI is InChI=1S/C17H18O5/c1-17(2,3)14(19)9-22-16(21)12-8-13(18)10-6-4-5-7-11(10)15(12)20/h4-8,18,20H,9H2,1-3H3. The molecule has 0 amide bonds. The first-order chi connectivity index (χ1) is 10.2. The summed E-state index contributed by atoms with van der Waals surface area (Å²) in [5.74, 6) is -1.49. The van der Waals surface area contributed by atoms with E-state index in [0.717, 1.165) is 6.07 Å². The molecule has 0 saturated heterocycles. The predicted molar refractivity (Wildman–Crippen MR) is 82.0 cm³/mol. The molecule has 0 radical (unpaired) electrons. The Morgan fingerprint density at radius 1 is 1.09 bits per heavy atom. The van der Waals surface area contributed by atoms with E-state index in [1.165, 1.54) is 0 Å². The lowest BCUT2D eigenvalue weighted by Gasteiger charge is -2.16. The highest BCUT2D eigenvalue weighted by Gasteiger charge is 2.24. The number of rotatable bonds is 3. The molecule has 22 heavy (non-hydrogen) atoms. The van der Waals surface area contributed by atoms with Gasteiger partial charge in [0, 0.05) is 16.2 Å². The number of Topliss-reactive ketones (excluding diaryl/α,β-unsaturated/α-hetero) is 1. The van der Waals surface area contributed by atoms with E-state index in [1.54, 1.807) is 45.0 Å². The zero-order valence-corrected chi connectivity index (χ0v) is 12.7. The number of ether oxygens (including phenoxy) is 1. The van der Waals surface area contributed by atoms with Gasteiger partial charge in [0.05, 0.1) is 0 Å². The van der Waals surface area contributed by atoms with E-state index in [-0.39, 0.29) is 29.5 Å². The molecule has 0 aliphatic carbocycles. The van der Waals surface area contributed by atoms with Gasteiger partial charge in [0.25, 0.3) is 0 Å². The molecule has 0 bridgehead atoms. The molecule has 2 rings (SSSR count). The van der Waals surface area contributed by atoms with Gasteiger partial charge < -0.3 is 14.9 Å². The number of carbonyl (C=O) groups is 2. The van der Waals surface area contributed by atoms with E-state index in [9.17, 15) is 19.8 Å². The van der Waals surface area contributed by atoms with Crippen molar-refractivity contribution in [1.82, 2.24) is 0 Å². The van der Waals surface area contributed by atoms with Gasteiger partial charge in [-0.15, -0.1) is 0 Å². The van der Waals surface area contributed by atoms with Crippen LogP contribution in [0.1, 0.15) is 31.1 Å². The lowest BCUT2D eigenvalue weighted by molar-refractivity contribution is -0.129. The summed E-state index contributed by atoms with van der Waals surface area (Å²) >= 11 is 0. The first kappa shape index (κ1) is 15.8. The van der Waals surface area contributed by atoms with Crippen LogP contribution in [0.25, 0.3) is 10.8 Å². The molecule has 0 heterocycles. The molecule has 2 N–H and O–H groups in total. The Kier molecular flexibility index (Phi) is 4.08. The van der Waals surface area contributed by atoms with Gasteiger partial charge in [-0.3, -0.25) is 4.79 Å². The number of phenols is 2.